The molecule has 1 amide bonds. The lowest BCUT2D eigenvalue weighted by molar-refractivity contribution is -0.153. The van der Waals surface area contributed by atoms with Gasteiger partial charge in [-0.1, -0.05) is 12.1 Å². The number of carbonyl (C=O) groups excluding carboxylic acids is 2. The van der Waals surface area contributed by atoms with Crippen LogP contribution in [-0.4, -0.2) is 18.0 Å². The zero-order valence-corrected chi connectivity index (χ0v) is 9.48. The van der Waals surface area contributed by atoms with Crippen LogP contribution in [0.4, 0.5) is 4.39 Å². The average molecular weight is 239 g/mol. The number of ether oxygens (including phenoxy) is 1. The molecule has 0 unspecified atom stereocenters. The molecule has 1 aromatic carbocycles. The molecule has 0 fully saturated rings. The van der Waals surface area contributed by atoms with E-state index in [4.69, 9.17) is 10.5 Å². The first kappa shape index (κ1) is 13.2. The molecule has 4 nitrogen and oxygen atoms in total. The fourth-order valence-corrected chi connectivity index (χ4v) is 1.21. The van der Waals surface area contributed by atoms with Crippen LogP contribution in [0.2, 0.25) is 0 Å². The number of halogens is 1. The van der Waals surface area contributed by atoms with E-state index in [0.717, 1.165) is 5.56 Å². The Kier molecular flexibility index (Phi) is 4.63. The van der Waals surface area contributed by atoms with Crippen LogP contribution < -0.4 is 5.73 Å². The number of esters is 1. The van der Waals surface area contributed by atoms with E-state index in [2.05, 4.69) is 0 Å². The topological polar surface area (TPSA) is 69.4 Å². The van der Waals surface area contributed by atoms with Crippen molar-refractivity contribution in [3.63, 3.8) is 0 Å². The van der Waals surface area contributed by atoms with Gasteiger partial charge in [0.1, 0.15) is 5.82 Å². The summed E-state index contributed by atoms with van der Waals surface area (Å²) in [5.74, 6) is -1.50. The Balaban J connectivity index is 2.38. The molecule has 5 heteroatoms. The smallest absolute Gasteiger partial charge is 0.306 e. The van der Waals surface area contributed by atoms with Crippen LogP contribution in [0, 0.1) is 5.82 Å². The zero-order chi connectivity index (χ0) is 12.8. The molecule has 2 N–H and O–H groups in total. The molecule has 0 aliphatic rings. The molecule has 17 heavy (non-hydrogen) atoms. The van der Waals surface area contributed by atoms with Gasteiger partial charge in [-0.15, -0.1) is 0 Å². The Labute approximate surface area is 98.6 Å². The first-order valence-electron chi connectivity index (χ1n) is 5.22. The summed E-state index contributed by atoms with van der Waals surface area (Å²) < 4.78 is 17.4. The minimum Gasteiger partial charge on any atom is -0.453 e. The third-order valence-electron chi connectivity index (χ3n) is 2.24. The number of carbonyl (C=O) groups is 2. The molecular formula is C12H14FNO3. The van der Waals surface area contributed by atoms with E-state index in [9.17, 15) is 14.0 Å². The maximum atomic E-state index is 12.6. The number of primary amides is 1. The van der Waals surface area contributed by atoms with Crippen LogP contribution in [0.1, 0.15) is 18.9 Å². The molecular weight excluding hydrogens is 225 g/mol. The predicted molar refractivity (Wildman–Crippen MR) is 59.5 cm³/mol. The predicted octanol–water partition coefficient (Wildman–Crippen LogP) is 1.18. The second-order valence-electron chi connectivity index (χ2n) is 3.66. The number of nitrogens with two attached hydrogens (primary N) is 1. The molecule has 1 atom stereocenters. The Bertz CT molecular complexity index is 403. The fraction of sp³-hybridized carbons (Fsp3) is 0.333. The van der Waals surface area contributed by atoms with Crippen molar-refractivity contribution in [3.05, 3.63) is 35.6 Å². The lowest BCUT2D eigenvalue weighted by Gasteiger charge is -2.09. The Hall–Kier alpha value is -1.91. The van der Waals surface area contributed by atoms with Gasteiger partial charge in [0.05, 0.1) is 0 Å². The van der Waals surface area contributed by atoms with E-state index < -0.39 is 18.0 Å². The normalized spacial score (nSPS) is 11.9. The van der Waals surface area contributed by atoms with Crippen LogP contribution in [-0.2, 0) is 20.7 Å². The monoisotopic (exact) mass is 239 g/mol. The van der Waals surface area contributed by atoms with E-state index in [1.165, 1.54) is 19.1 Å². The molecule has 0 aliphatic heterocycles. The summed E-state index contributed by atoms with van der Waals surface area (Å²) in [6.45, 7) is 1.41. The largest absolute Gasteiger partial charge is 0.453 e. The van der Waals surface area contributed by atoms with Gasteiger partial charge in [-0.2, -0.15) is 0 Å². The Morgan fingerprint density at radius 2 is 1.94 bits per heavy atom. The average Bonchev–Trinajstić information content (AvgIpc) is 2.28. The first-order valence-corrected chi connectivity index (χ1v) is 5.22. The fourth-order valence-electron chi connectivity index (χ4n) is 1.21. The maximum absolute atomic E-state index is 12.6. The van der Waals surface area contributed by atoms with Gasteiger partial charge >= 0.3 is 5.97 Å². The molecule has 0 saturated carbocycles. The summed E-state index contributed by atoms with van der Waals surface area (Å²) >= 11 is 0. The number of benzene rings is 1. The van der Waals surface area contributed by atoms with Crippen molar-refractivity contribution in [3.8, 4) is 0 Å². The highest BCUT2D eigenvalue weighted by atomic mass is 19.1. The summed E-state index contributed by atoms with van der Waals surface area (Å²) in [4.78, 5) is 21.9. The van der Waals surface area contributed by atoms with Crippen molar-refractivity contribution in [2.24, 2.45) is 5.73 Å². The zero-order valence-electron chi connectivity index (χ0n) is 9.48. The van der Waals surface area contributed by atoms with E-state index >= 15 is 0 Å². The molecule has 0 radical (unpaired) electrons. The van der Waals surface area contributed by atoms with Crippen molar-refractivity contribution in [2.45, 2.75) is 25.9 Å². The maximum Gasteiger partial charge on any atom is 0.306 e. The molecule has 0 aromatic heterocycles. The van der Waals surface area contributed by atoms with Gasteiger partial charge in [-0.25, -0.2) is 4.39 Å². The molecule has 92 valence electrons. The summed E-state index contributed by atoms with van der Waals surface area (Å²) in [6.07, 6.45) is -0.357. The van der Waals surface area contributed by atoms with Crippen molar-refractivity contribution in [1.82, 2.24) is 0 Å². The third-order valence-corrected chi connectivity index (χ3v) is 2.24. The number of hydrogen-bond donors (Lipinski definition) is 1. The van der Waals surface area contributed by atoms with Crippen molar-refractivity contribution < 1.29 is 18.7 Å². The number of rotatable bonds is 5. The molecule has 0 aliphatic carbocycles. The summed E-state index contributed by atoms with van der Waals surface area (Å²) in [6, 6.07) is 5.85. The lowest BCUT2D eigenvalue weighted by atomic mass is 10.1. The highest BCUT2D eigenvalue weighted by Gasteiger charge is 2.14. The van der Waals surface area contributed by atoms with Crippen LogP contribution in [0.25, 0.3) is 0 Å². The minimum absolute atomic E-state index is 0.128. The highest BCUT2D eigenvalue weighted by Crippen LogP contribution is 2.06. The number of amides is 1. The molecule has 0 heterocycles. The molecule has 1 aromatic rings. The Morgan fingerprint density at radius 3 is 2.47 bits per heavy atom. The van der Waals surface area contributed by atoms with Crippen molar-refractivity contribution in [2.75, 3.05) is 0 Å². The summed E-state index contributed by atoms with van der Waals surface area (Å²) in [5, 5.41) is 0. The molecule has 1 rings (SSSR count). The molecule has 0 bridgehead atoms. The summed E-state index contributed by atoms with van der Waals surface area (Å²) in [5.41, 5.74) is 5.78. The van der Waals surface area contributed by atoms with E-state index in [-0.39, 0.29) is 12.2 Å². The third kappa shape index (κ3) is 4.63. The van der Waals surface area contributed by atoms with Gasteiger partial charge in [-0.05, 0) is 31.0 Å². The number of aryl methyl sites for hydroxylation is 1. The van der Waals surface area contributed by atoms with Crippen LogP contribution in [0.15, 0.2) is 24.3 Å². The van der Waals surface area contributed by atoms with Crippen molar-refractivity contribution in [1.29, 1.82) is 0 Å². The van der Waals surface area contributed by atoms with Crippen LogP contribution >= 0.6 is 0 Å². The minimum atomic E-state index is -0.921. The van der Waals surface area contributed by atoms with E-state index in [1.807, 2.05) is 0 Å². The lowest BCUT2D eigenvalue weighted by Crippen LogP contribution is -2.30. The summed E-state index contributed by atoms with van der Waals surface area (Å²) in [7, 11) is 0. The Morgan fingerprint density at radius 1 is 1.35 bits per heavy atom. The molecule has 0 spiro atoms. The SMILES string of the molecule is C[C@@H](OC(=O)CCc1ccc(F)cc1)C(N)=O. The van der Waals surface area contributed by atoms with E-state index in [1.54, 1.807) is 12.1 Å². The van der Waals surface area contributed by atoms with Crippen LogP contribution in [0.5, 0.6) is 0 Å². The van der Waals surface area contributed by atoms with Gasteiger partial charge in [0.2, 0.25) is 0 Å². The van der Waals surface area contributed by atoms with Gasteiger partial charge < -0.3 is 10.5 Å². The second kappa shape index (κ2) is 5.98. The van der Waals surface area contributed by atoms with Gasteiger partial charge in [0.25, 0.3) is 5.91 Å². The van der Waals surface area contributed by atoms with Gasteiger partial charge in [0, 0.05) is 6.42 Å². The standard InChI is InChI=1S/C12H14FNO3/c1-8(12(14)16)17-11(15)7-4-9-2-5-10(13)6-3-9/h2-3,5-6,8H,4,7H2,1H3,(H2,14,16)/t8-/m1/s1. The quantitative estimate of drug-likeness (QED) is 0.784. The second-order valence-corrected chi connectivity index (χ2v) is 3.66. The van der Waals surface area contributed by atoms with Crippen LogP contribution in [0.3, 0.4) is 0 Å². The number of hydrogen-bond acceptors (Lipinski definition) is 3. The highest BCUT2D eigenvalue weighted by molar-refractivity contribution is 5.81. The van der Waals surface area contributed by atoms with E-state index in [0.29, 0.717) is 6.42 Å². The molecule has 0 saturated heterocycles. The first-order chi connectivity index (χ1) is 7.99. The van der Waals surface area contributed by atoms with Gasteiger partial charge in [0.15, 0.2) is 6.10 Å². The van der Waals surface area contributed by atoms with Crippen molar-refractivity contribution >= 4 is 11.9 Å². The van der Waals surface area contributed by atoms with Gasteiger partial charge in [-0.3, -0.25) is 9.59 Å².